The predicted molar refractivity (Wildman–Crippen MR) is 81.5 cm³/mol. The van der Waals surface area contributed by atoms with Crippen molar-refractivity contribution < 1.29 is 19.8 Å². The quantitative estimate of drug-likeness (QED) is 0.569. The maximum Gasteiger partial charge on any atom is 0.335 e. The van der Waals surface area contributed by atoms with Crippen molar-refractivity contribution in [2.24, 2.45) is 11.5 Å². The zero-order chi connectivity index (χ0) is 16.3. The van der Waals surface area contributed by atoms with E-state index in [0.717, 1.165) is 19.4 Å². The predicted octanol–water partition coefficient (Wildman–Crippen LogP) is 1.94. The number of aromatic carboxylic acids is 2. The van der Waals surface area contributed by atoms with E-state index < -0.39 is 11.9 Å². The molecule has 0 radical (unpaired) electrons. The van der Waals surface area contributed by atoms with Crippen LogP contribution in [0.1, 0.15) is 53.3 Å². The SMILES string of the molecule is CC(N)CCCCCN.O=C(O)c1ccc(C(=O)O)cc1. The molecular formula is C15H24N2O4. The van der Waals surface area contributed by atoms with Crippen LogP contribution in [0.4, 0.5) is 0 Å². The summed E-state index contributed by atoms with van der Waals surface area (Å²) in [5.74, 6) is -2.13. The lowest BCUT2D eigenvalue weighted by Crippen LogP contribution is -2.14. The zero-order valence-corrected chi connectivity index (χ0v) is 12.3. The Labute approximate surface area is 124 Å². The summed E-state index contributed by atoms with van der Waals surface area (Å²) in [5, 5.41) is 16.9. The molecule has 0 aromatic heterocycles. The van der Waals surface area contributed by atoms with Gasteiger partial charge in [-0.05, 0) is 50.6 Å². The highest BCUT2D eigenvalue weighted by Crippen LogP contribution is 2.03. The summed E-state index contributed by atoms with van der Waals surface area (Å²) in [6, 6.07) is 5.39. The molecule has 1 aromatic carbocycles. The Morgan fingerprint density at radius 3 is 1.71 bits per heavy atom. The van der Waals surface area contributed by atoms with E-state index in [1.165, 1.54) is 37.1 Å². The van der Waals surface area contributed by atoms with Crippen LogP contribution in [-0.2, 0) is 0 Å². The standard InChI is InChI=1S/C8H6O4.C7H18N2/c9-7(10)5-1-2-6(4-3-5)8(11)12;1-7(9)5-3-2-4-6-8/h1-4H,(H,9,10)(H,11,12);7H,2-6,8-9H2,1H3. The van der Waals surface area contributed by atoms with Gasteiger partial charge in [0.15, 0.2) is 0 Å². The summed E-state index contributed by atoms with van der Waals surface area (Å²) in [7, 11) is 0. The minimum absolute atomic E-state index is 0.0833. The van der Waals surface area contributed by atoms with Crippen LogP contribution in [0.2, 0.25) is 0 Å². The largest absolute Gasteiger partial charge is 0.478 e. The summed E-state index contributed by atoms with van der Waals surface area (Å²) in [4.78, 5) is 20.7. The second kappa shape index (κ2) is 10.8. The van der Waals surface area contributed by atoms with Crippen molar-refractivity contribution in [1.82, 2.24) is 0 Å². The van der Waals surface area contributed by atoms with E-state index in [0.29, 0.717) is 6.04 Å². The molecule has 0 heterocycles. The lowest BCUT2D eigenvalue weighted by atomic mass is 10.1. The van der Waals surface area contributed by atoms with E-state index in [2.05, 4.69) is 0 Å². The van der Waals surface area contributed by atoms with Crippen molar-refractivity contribution in [3.05, 3.63) is 35.4 Å². The lowest BCUT2D eigenvalue weighted by molar-refractivity contribution is 0.0681. The number of nitrogens with two attached hydrogens (primary N) is 2. The Bertz CT molecular complexity index is 397. The Morgan fingerprint density at radius 2 is 1.43 bits per heavy atom. The molecular weight excluding hydrogens is 272 g/mol. The molecule has 0 aliphatic heterocycles. The fraction of sp³-hybridized carbons (Fsp3) is 0.467. The van der Waals surface area contributed by atoms with Gasteiger partial charge < -0.3 is 21.7 Å². The van der Waals surface area contributed by atoms with E-state index >= 15 is 0 Å². The molecule has 1 aromatic rings. The molecule has 1 rings (SSSR count). The number of benzene rings is 1. The summed E-state index contributed by atoms with van der Waals surface area (Å²) in [5.41, 5.74) is 11.0. The Kier molecular flexibility index (Phi) is 9.83. The maximum atomic E-state index is 10.3. The van der Waals surface area contributed by atoms with E-state index in [-0.39, 0.29) is 11.1 Å². The van der Waals surface area contributed by atoms with E-state index in [4.69, 9.17) is 21.7 Å². The number of carbonyl (C=O) groups is 2. The van der Waals surface area contributed by atoms with Crippen LogP contribution in [0.5, 0.6) is 0 Å². The number of unbranched alkanes of at least 4 members (excludes halogenated alkanes) is 2. The van der Waals surface area contributed by atoms with Crippen molar-refractivity contribution in [2.45, 2.75) is 38.6 Å². The van der Waals surface area contributed by atoms with Crippen molar-refractivity contribution in [3.8, 4) is 0 Å². The third-order valence-electron chi connectivity index (χ3n) is 2.74. The first-order valence-corrected chi connectivity index (χ1v) is 6.90. The highest BCUT2D eigenvalue weighted by atomic mass is 16.4. The highest BCUT2D eigenvalue weighted by molar-refractivity contribution is 5.91. The van der Waals surface area contributed by atoms with Crippen LogP contribution in [0.25, 0.3) is 0 Å². The van der Waals surface area contributed by atoms with E-state index in [9.17, 15) is 9.59 Å². The third kappa shape index (κ3) is 9.59. The molecule has 0 saturated carbocycles. The zero-order valence-electron chi connectivity index (χ0n) is 12.3. The Hall–Kier alpha value is -1.92. The fourth-order valence-corrected chi connectivity index (χ4v) is 1.54. The molecule has 0 amide bonds. The fourth-order valence-electron chi connectivity index (χ4n) is 1.54. The van der Waals surface area contributed by atoms with Crippen molar-refractivity contribution in [1.29, 1.82) is 0 Å². The first-order chi connectivity index (χ1) is 9.88. The van der Waals surface area contributed by atoms with Gasteiger partial charge in [-0.1, -0.05) is 12.8 Å². The molecule has 6 heteroatoms. The van der Waals surface area contributed by atoms with Gasteiger partial charge in [-0.15, -0.1) is 0 Å². The number of rotatable bonds is 7. The molecule has 0 saturated heterocycles. The summed E-state index contributed by atoms with van der Waals surface area (Å²) >= 11 is 0. The molecule has 6 N–H and O–H groups in total. The van der Waals surface area contributed by atoms with Gasteiger partial charge in [-0.3, -0.25) is 0 Å². The van der Waals surface area contributed by atoms with Gasteiger partial charge in [-0.2, -0.15) is 0 Å². The molecule has 21 heavy (non-hydrogen) atoms. The monoisotopic (exact) mass is 296 g/mol. The molecule has 1 unspecified atom stereocenters. The topological polar surface area (TPSA) is 127 Å². The number of hydrogen-bond acceptors (Lipinski definition) is 4. The Morgan fingerprint density at radius 1 is 1.00 bits per heavy atom. The molecule has 118 valence electrons. The summed E-state index contributed by atoms with van der Waals surface area (Å²) < 4.78 is 0. The smallest absolute Gasteiger partial charge is 0.335 e. The van der Waals surface area contributed by atoms with Crippen LogP contribution in [0, 0.1) is 0 Å². The van der Waals surface area contributed by atoms with Crippen LogP contribution in [0.3, 0.4) is 0 Å². The first-order valence-electron chi connectivity index (χ1n) is 6.90. The maximum absolute atomic E-state index is 10.3. The lowest BCUT2D eigenvalue weighted by Gasteiger charge is -2.02. The molecule has 6 nitrogen and oxygen atoms in total. The van der Waals surface area contributed by atoms with E-state index in [1.807, 2.05) is 6.92 Å². The average molecular weight is 296 g/mol. The number of hydrogen-bond donors (Lipinski definition) is 4. The van der Waals surface area contributed by atoms with Crippen molar-refractivity contribution >= 4 is 11.9 Å². The highest BCUT2D eigenvalue weighted by Gasteiger charge is 2.04. The van der Waals surface area contributed by atoms with Gasteiger partial charge in [0.25, 0.3) is 0 Å². The van der Waals surface area contributed by atoms with Gasteiger partial charge in [0.05, 0.1) is 11.1 Å². The van der Waals surface area contributed by atoms with E-state index in [1.54, 1.807) is 0 Å². The number of carboxylic acids is 2. The van der Waals surface area contributed by atoms with Crippen LogP contribution < -0.4 is 11.5 Å². The van der Waals surface area contributed by atoms with Gasteiger partial charge in [-0.25, -0.2) is 9.59 Å². The molecule has 0 spiro atoms. The van der Waals surface area contributed by atoms with Gasteiger partial charge >= 0.3 is 11.9 Å². The van der Waals surface area contributed by atoms with Crippen LogP contribution >= 0.6 is 0 Å². The van der Waals surface area contributed by atoms with Crippen molar-refractivity contribution in [3.63, 3.8) is 0 Å². The third-order valence-corrected chi connectivity index (χ3v) is 2.74. The summed E-state index contributed by atoms with van der Waals surface area (Å²) in [6.07, 6.45) is 4.75. The van der Waals surface area contributed by atoms with Gasteiger partial charge in [0.1, 0.15) is 0 Å². The molecule has 0 aliphatic carbocycles. The average Bonchev–Trinajstić information content (AvgIpc) is 2.44. The minimum atomic E-state index is -1.06. The minimum Gasteiger partial charge on any atom is -0.478 e. The normalized spacial score (nSPS) is 11.2. The van der Waals surface area contributed by atoms with Crippen LogP contribution in [-0.4, -0.2) is 34.7 Å². The summed E-state index contributed by atoms with van der Waals surface area (Å²) in [6.45, 7) is 2.86. The molecule has 0 fully saturated rings. The second-order valence-electron chi connectivity index (χ2n) is 4.80. The van der Waals surface area contributed by atoms with Gasteiger partial charge in [0, 0.05) is 6.04 Å². The Balaban J connectivity index is 0.000000400. The second-order valence-corrected chi connectivity index (χ2v) is 4.80. The van der Waals surface area contributed by atoms with Crippen molar-refractivity contribution in [2.75, 3.05) is 6.54 Å². The number of carboxylic acid groups (broad SMARTS) is 2. The molecule has 0 bridgehead atoms. The molecule has 0 aliphatic rings. The first kappa shape index (κ1) is 19.1. The molecule has 1 atom stereocenters. The van der Waals surface area contributed by atoms with Gasteiger partial charge in [0.2, 0.25) is 0 Å². The van der Waals surface area contributed by atoms with Crippen LogP contribution in [0.15, 0.2) is 24.3 Å².